The molecule has 1 saturated heterocycles. The smallest absolute Gasteiger partial charge is 0.268 e. The zero-order valence-electron chi connectivity index (χ0n) is 21.0. The van der Waals surface area contributed by atoms with Gasteiger partial charge in [-0.3, -0.25) is 19.4 Å². The number of nitrogens with one attached hydrogen (secondary N) is 1. The summed E-state index contributed by atoms with van der Waals surface area (Å²) >= 11 is 0. The Morgan fingerprint density at radius 1 is 1.11 bits per heavy atom. The van der Waals surface area contributed by atoms with Gasteiger partial charge in [0.25, 0.3) is 5.91 Å². The van der Waals surface area contributed by atoms with Gasteiger partial charge in [-0.05, 0) is 68.3 Å². The number of amides is 2. The third-order valence-corrected chi connectivity index (χ3v) is 6.67. The number of nitrogens with zero attached hydrogens (tertiary/aromatic N) is 3. The van der Waals surface area contributed by atoms with Crippen molar-refractivity contribution in [2.75, 3.05) is 62.7 Å². The van der Waals surface area contributed by atoms with Crippen LogP contribution in [0.15, 0.2) is 42.5 Å². The molecule has 2 aliphatic rings. The Labute approximate surface area is 207 Å². The summed E-state index contributed by atoms with van der Waals surface area (Å²) in [5.41, 5.74) is 2.91. The third-order valence-electron chi connectivity index (χ3n) is 6.67. The molecule has 0 bridgehead atoms. The summed E-state index contributed by atoms with van der Waals surface area (Å²) in [6, 6.07) is 13.9. The Balaban J connectivity index is 1.20. The van der Waals surface area contributed by atoms with Gasteiger partial charge in [0.15, 0.2) is 6.10 Å². The molecule has 0 spiro atoms. The molecule has 188 valence electrons. The van der Waals surface area contributed by atoms with Crippen molar-refractivity contribution in [1.82, 2.24) is 10.2 Å². The molecule has 0 aromatic heterocycles. The Hall–Kier alpha value is -3.26. The molecule has 1 atom stereocenters. The normalized spacial score (nSPS) is 18.1. The highest BCUT2D eigenvalue weighted by Crippen LogP contribution is 2.35. The third kappa shape index (κ3) is 6.06. The highest BCUT2D eigenvalue weighted by Gasteiger charge is 2.34. The zero-order valence-corrected chi connectivity index (χ0v) is 21.0. The summed E-state index contributed by atoms with van der Waals surface area (Å²) in [6.45, 7) is 9.37. The van der Waals surface area contributed by atoms with Gasteiger partial charge < -0.3 is 19.7 Å². The number of ether oxygens (including phenoxy) is 2. The minimum atomic E-state index is -0.547. The summed E-state index contributed by atoms with van der Waals surface area (Å²) in [4.78, 5) is 31.9. The topological polar surface area (TPSA) is 74.3 Å². The predicted molar refractivity (Wildman–Crippen MR) is 138 cm³/mol. The van der Waals surface area contributed by atoms with Crippen LogP contribution in [-0.2, 0) is 9.59 Å². The van der Waals surface area contributed by atoms with E-state index < -0.39 is 6.10 Å². The molecule has 4 rings (SSSR count). The highest BCUT2D eigenvalue weighted by atomic mass is 16.5. The molecule has 2 amide bonds. The second-order valence-corrected chi connectivity index (χ2v) is 9.14. The van der Waals surface area contributed by atoms with Crippen molar-refractivity contribution in [2.45, 2.75) is 32.8 Å². The van der Waals surface area contributed by atoms with Gasteiger partial charge in [-0.25, -0.2) is 0 Å². The van der Waals surface area contributed by atoms with Gasteiger partial charge in [-0.1, -0.05) is 13.0 Å². The van der Waals surface area contributed by atoms with Crippen LogP contribution in [0.2, 0.25) is 0 Å². The van der Waals surface area contributed by atoms with Crippen molar-refractivity contribution in [3.8, 4) is 11.5 Å². The van der Waals surface area contributed by atoms with Crippen molar-refractivity contribution in [3.05, 3.63) is 48.0 Å². The monoisotopic (exact) mass is 480 g/mol. The van der Waals surface area contributed by atoms with Gasteiger partial charge in [-0.15, -0.1) is 0 Å². The average Bonchev–Trinajstić information content (AvgIpc) is 2.88. The fraction of sp³-hybridized carbons (Fsp3) is 0.481. The second kappa shape index (κ2) is 11.4. The molecule has 0 saturated carbocycles. The molecule has 2 aliphatic heterocycles. The van der Waals surface area contributed by atoms with Crippen molar-refractivity contribution >= 4 is 23.2 Å². The highest BCUT2D eigenvalue weighted by molar-refractivity contribution is 6.03. The largest absolute Gasteiger partial charge is 0.497 e. The number of hydrogen-bond donors (Lipinski definition) is 1. The fourth-order valence-electron chi connectivity index (χ4n) is 4.61. The number of carbonyl (C=O) groups is 2. The van der Waals surface area contributed by atoms with E-state index in [9.17, 15) is 9.59 Å². The number of aryl methyl sites for hydroxylation is 1. The maximum Gasteiger partial charge on any atom is 0.268 e. The first-order valence-corrected chi connectivity index (χ1v) is 12.4. The second-order valence-electron chi connectivity index (χ2n) is 9.14. The number of piperazine rings is 1. The van der Waals surface area contributed by atoms with Crippen LogP contribution in [-0.4, -0.2) is 75.7 Å². The SMILES string of the molecule is CC[C@H]1Oc2ccc(C)cc2N(CC(=O)NCCCN2CCN(c3ccc(OC)cc3)CC2)C1=O. The lowest BCUT2D eigenvalue weighted by Crippen LogP contribution is -2.50. The standard InChI is InChI=1S/C27H36N4O4/c1-4-24-27(33)31(23-18-20(2)6-11-25(23)35-24)19-26(32)28-12-5-13-29-14-16-30(17-15-29)21-7-9-22(34-3)10-8-21/h6-11,18,24H,4-5,12-17,19H2,1-3H3,(H,28,32)/t24-/m1/s1. The number of benzene rings is 2. The maximum atomic E-state index is 12.9. The van der Waals surface area contributed by atoms with Crippen molar-refractivity contribution in [1.29, 1.82) is 0 Å². The van der Waals surface area contributed by atoms with Crippen LogP contribution >= 0.6 is 0 Å². The molecule has 0 aliphatic carbocycles. The number of methoxy groups -OCH3 is 1. The van der Waals surface area contributed by atoms with Gasteiger partial charge in [0.2, 0.25) is 5.91 Å². The van der Waals surface area contributed by atoms with Gasteiger partial charge in [-0.2, -0.15) is 0 Å². The Bertz CT molecular complexity index is 1020. The molecule has 35 heavy (non-hydrogen) atoms. The first kappa shape index (κ1) is 24.9. The Morgan fingerprint density at radius 3 is 2.54 bits per heavy atom. The number of carbonyl (C=O) groups excluding carboxylic acids is 2. The molecule has 1 N–H and O–H groups in total. The number of hydrogen-bond acceptors (Lipinski definition) is 6. The quantitative estimate of drug-likeness (QED) is 0.557. The summed E-state index contributed by atoms with van der Waals surface area (Å²) in [5.74, 6) is 1.22. The Morgan fingerprint density at radius 2 is 1.86 bits per heavy atom. The molecule has 8 heteroatoms. The van der Waals surface area contributed by atoms with Crippen LogP contribution < -0.4 is 24.6 Å². The number of rotatable bonds is 9. The van der Waals surface area contributed by atoms with E-state index in [1.165, 1.54) is 5.69 Å². The van der Waals surface area contributed by atoms with E-state index >= 15 is 0 Å². The van der Waals surface area contributed by atoms with E-state index in [1.54, 1.807) is 12.0 Å². The summed E-state index contributed by atoms with van der Waals surface area (Å²) in [7, 11) is 1.68. The molecular formula is C27H36N4O4. The first-order chi connectivity index (χ1) is 17.0. The van der Waals surface area contributed by atoms with Crippen LogP contribution in [0.1, 0.15) is 25.3 Å². The summed E-state index contributed by atoms with van der Waals surface area (Å²) < 4.78 is 11.1. The van der Waals surface area contributed by atoms with Gasteiger partial charge in [0.1, 0.15) is 18.0 Å². The number of anilines is 2. The van der Waals surface area contributed by atoms with E-state index in [4.69, 9.17) is 9.47 Å². The molecule has 0 radical (unpaired) electrons. The molecule has 2 aromatic carbocycles. The van der Waals surface area contributed by atoms with Gasteiger partial charge >= 0.3 is 0 Å². The Kier molecular flexibility index (Phi) is 8.13. The molecule has 2 heterocycles. The van der Waals surface area contributed by atoms with E-state index in [0.29, 0.717) is 24.4 Å². The lowest BCUT2D eigenvalue weighted by Gasteiger charge is -2.36. The van der Waals surface area contributed by atoms with Crippen LogP contribution in [0.25, 0.3) is 0 Å². The van der Waals surface area contributed by atoms with E-state index in [2.05, 4.69) is 27.2 Å². The molecular weight excluding hydrogens is 444 g/mol. The molecule has 8 nitrogen and oxygen atoms in total. The van der Waals surface area contributed by atoms with Crippen molar-refractivity contribution in [3.63, 3.8) is 0 Å². The lowest BCUT2D eigenvalue weighted by molar-refractivity contribution is -0.129. The van der Waals surface area contributed by atoms with Gasteiger partial charge in [0.05, 0.1) is 12.8 Å². The molecule has 2 aromatic rings. The maximum absolute atomic E-state index is 12.9. The zero-order chi connectivity index (χ0) is 24.8. The minimum absolute atomic E-state index is 0.00961. The average molecular weight is 481 g/mol. The lowest BCUT2D eigenvalue weighted by atomic mass is 10.1. The fourth-order valence-corrected chi connectivity index (χ4v) is 4.61. The van der Waals surface area contributed by atoms with Crippen LogP contribution in [0.3, 0.4) is 0 Å². The van der Waals surface area contributed by atoms with Gasteiger partial charge in [0, 0.05) is 38.4 Å². The van der Waals surface area contributed by atoms with E-state index in [-0.39, 0.29) is 18.4 Å². The van der Waals surface area contributed by atoms with Crippen LogP contribution in [0.5, 0.6) is 11.5 Å². The van der Waals surface area contributed by atoms with E-state index in [0.717, 1.165) is 50.5 Å². The number of fused-ring (bicyclic) bond motifs is 1. The minimum Gasteiger partial charge on any atom is -0.497 e. The van der Waals surface area contributed by atoms with Crippen LogP contribution in [0, 0.1) is 6.92 Å². The van der Waals surface area contributed by atoms with E-state index in [1.807, 2.05) is 44.2 Å². The first-order valence-electron chi connectivity index (χ1n) is 12.4. The molecule has 0 unspecified atom stereocenters. The van der Waals surface area contributed by atoms with Crippen molar-refractivity contribution in [2.24, 2.45) is 0 Å². The summed E-state index contributed by atoms with van der Waals surface area (Å²) in [6.07, 6.45) is 0.892. The summed E-state index contributed by atoms with van der Waals surface area (Å²) in [5, 5.41) is 2.99. The predicted octanol–water partition coefficient (Wildman–Crippen LogP) is 2.84. The van der Waals surface area contributed by atoms with Crippen molar-refractivity contribution < 1.29 is 19.1 Å². The van der Waals surface area contributed by atoms with Crippen LogP contribution in [0.4, 0.5) is 11.4 Å². The molecule has 1 fully saturated rings.